The summed E-state index contributed by atoms with van der Waals surface area (Å²) in [7, 11) is 0. The molecule has 1 aromatic carbocycles. The SMILES string of the molecule is CC(=O)N1CCC(C(=O)Nc2ccc3[nH]ncc3c2)C1. The maximum atomic E-state index is 12.2. The van der Waals surface area contributed by atoms with Gasteiger partial charge in [-0.25, -0.2) is 0 Å². The van der Waals surface area contributed by atoms with Crippen LogP contribution in [0.25, 0.3) is 10.9 Å². The number of aromatic amines is 1. The molecule has 0 spiro atoms. The van der Waals surface area contributed by atoms with Gasteiger partial charge in [-0.3, -0.25) is 14.7 Å². The molecule has 1 aromatic heterocycles. The minimum Gasteiger partial charge on any atom is -0.342 e. The number of hydrogen-bond acceptors (Lipinski definition) is 3. The summed E-state index contributed by atoms with van der Waals surface area (Å²) in [5.74, 6) is -0.129. The van der Waals surface area contributed by atoms with Crippen LogP contribution >= 0.6 is 0 Å². The molecule has 1 fully saturated rings. The van der Waals surface area contributed by atoms with Gasteiger partial charge < -0.3 is 10.2 Å². The monoisotopic (exact) mass is 272 g/mol. The highest BCUT2D eigenvalue weighted by molar-refractivity contribution is 5.95. The highest BCUT2D eigenvalue weighted by Gasteiger charge is 2.29. The predicted molar refractivity (Wildman–Crippen MR) is 75.1 cm³/mol. The molecule has 1 aliphatic rings. The molecule has 0 bridgehead atoms. The Morgan fingerprint density at radius 2 is 2.30 bits per heavy atom. The van der Waals surface area contributed by atoms with Crippen LogP contribution in [0, 0.1) is 5.92 Å². The van der Waals surface area contributed by atoms with Crippen LogP contribution in [0.5, 0.6) is 0 Å². The zero-order chi connectivity index (χ0) is 14.1. The summed E-state index contributed by atoms with van der Waals surface area (Å²) in [6.07, 6.45) is 2.44. The van der Waals surface area contributed by atoms with Crippen molar-refractivity contribution in [2.24, 2.45) is 5.92 Å². The van der Waals surface area contributed by atoms with Gasteiger partial charge in [-0.1, -0.05) is 0 Å². The van der Waals surface area contributed by atoms with Crippen LogP contribution in [0.15, 0.2) is 24.4 Å². The van der Waals surface area contributed by atoms with Crippen LogP contribution in [-0.4, -0.2) is 40.0 Å². The average Bonchev–Trinajstić information content (AvgIpc) is 3.07. The van der Waals surface area contributed by atoms with Crippen LogP contribution in [0.3, 0.4) is 0 Å². The van der Waals surface area contributed by atoms with Gasteiger partial charge in [-0.05, 0) is 24.6 Å². The molecule has 2 aromatic rings. The highest BCUT2D eigenvalue weighted by atomic mass is 16.2. The molecule has 1 unspecified atom stereocenters. The Hall–Kier alpha value is -2.37. The van der Waals surface area contributed by atoms with E-state index in [0.717, 1.165) is 23.0 Å². The van der Waals surface area contributed by atoms with Crippen LogP contribution in [0.1, 0.15) is 13.3 Å². The van der Waals surface area contributed by atoms with E-state index in [1.807, 2.05) is 18.2 Å². The summed E-state index contributed by atoms with van der Waals surface area (Å²) in [4.78, 5) is 25.2. The molecule has 6 heteroatoms. The molecule has 104 valence electrons. The minimum absolute atomic E-state index is 0.0279. The number of hydrogen-bond donors (Lipinski definition) is 2. The van der Waals surface area contributed by atoms with Crippen molar-refractivity contribution in [1.29, 1.82) is 0 Å². The summed E-state index contributed by atoms with van der Waals surface area (Å²) in [6, 6.07) is 5.61. The molecule has 2 N–H and O–H groups in total. The number of carbonyl (C=O) groups excluding carboxylic acids is 2. The van der Waals surface area contributed by atoms with Crippen LogP contribution in [0.2, 0.25) is 0 Å². The zero-order valence-electron chi connectivity index (χ0n) is 11.2. The fourth-order valence-corrected chi connectivity index (χ4v) is 2.53. The molecular weight excluding hydrogens is 256 g/mol. The van der Waals surface area contributed by atoms with E-state index in [2.05, 4.69) is 15.5 Å². The summed E-state index contributed by atoms with van der Waals surface area (Å²) in [5, 5.41) is 10.7. The average molecular weight is 272 g/mol. The zero-order valence-corrected chi connectivity index (χ0v) is 11.2. The molecular formula is C14H16N4O2. The maximum Gasteiger partial charge on any atom is 0.229 e. The second-order valence-electron chi connectivity index (χ2n) is 5.11. The van der Waals surface area contributed by atoms with Crippen LogP contribution in [-0.2, 0) is 9.59 Å². The van der Waals surface area contributed by atoms with E-state index in [4.69, 9.17) is 0 Å². The number of anilines is 1. The van der Waals surface area contributed by atoms with Crippen molar-refractivity contribution < 1.29 is 9.59 Å². The van der Waals surface area contributed by atoms with Crippen molar-refractivity contribution in [2.45, 2.75) is 13.3 Å². The summed E-state index contributed by atoms with van der Waals surface area (Å²) < 4.78 is 0. The van der Waals surface area contributed by atoms with Crippen molar-refractivity contribution >= 4 is 28.4 Å². The predicted octanol–water partition coefficient (Wildman–Crippen LogP) is 1.37. The van der Waals surface area contributed by atoms with Crippen LogP contribution < -0.4 is 5.32 Å². The number of aromatic nitrogens is 2. The van der Waals surface area contributed by atoms with E-state index >= 15 is 0 Å². The molecule has 20 heavy (non-hydrogen) atoms. The number of nitrogens with one attached hydrogen (secondary N) is 2. The van der Waals surface area contributed by atoms with Crippen molar-refractivity contribution in [3.8, 4) is 0 Å². The third kappa shape index (κ3) is 2.36. The lowest BCUT2D eigenvalue weighted by molar-refractivity contribution is -0.128. The van der Waals surface area contributed by atoms with Gasteiger partial charge in [0.1, 0.15) is 0 Å². The number of carbonyl (C=O) groups is 2. The van der Waals surface area contributed by atoms with E-state index in [1.165, 1.54) is 6.92 Å². The van der Waals surface area contributed by atoms with Crippen LogP contribution in [0.4, 0.5) is 5.69 Å². The quantitative estimate of drug-likeness (QED) is 0.866. The largest absolute Gasteiger partial charge is 0.342 e. The van der Waals surface area contributed by atoms with Gasteiger partial charge >= 0.3 is 0 Å². The van der Waals surface area contributed by atoms with Gasteiger partial charge in [-0.2, -0.15) is 5.10 Å². The Balaban J connectivity index is 1.68. The molecule has 1 atom stereocenters. The number of nitrogens with zero attached hydrogens (tertiary/aromatic N) is 2. The van der Waals surface area contributed by atoms with Gasteiger partial charge in [0, 0.05) is 31.1 Å². The summed E-state index contributed by atoms with van der Waals surface area (Å²) in [6.45, 7) is 2.70. The Kier molecular flexibility index (Phi) is 3.14. The molecule has 2 amide bonds. The topological polar surface area (TPSA) is 78.1 Å². The normalized spacial score (nSPS) is 18.4. The van der Waals surface area contributed by atoms with Gasteiger partial charge in [0.05, 0.1) is 17.6 Å². The molecule has 6 nitrogen and oxygen atoms in total. The first-order chi connectivity index (χ1) is 9.63. The molecule has 2 heterocycles. The van der Waals surface area contributed by atoms with Crippen molar-refractivity contribution in [3.05, 3.63) is 24.4 Å². The van der Waals surface area contributed by atoms with Gasteiger partial charge in [-0.15, -0.1) is 0 Å². The standard InChI is InChI=1S/C14H16N4O2/c1-9(19)18-5-4-10(8-18)14(20)16-12-2-3-13-11(6-12)7-15-17-13/h2-3,6-7,10H,4-5,8H2,1H3,(H,15,17)(H,16,20). The Labute approximate surface area is 116 Å². The number of benzene rings is 1. The maximum absolute atomic E-state index is 12.2. The van der Waals surface area contributed by atoms with Crippen molar-refractivity contribution in [3.63, 3.8) is 0 Å². The molecule has 0 saturated carbocycles. The second kappa shape index (κ2) is 4.96. The van der Waals surface area contributed by atoms with Gasteiger partial charge in [0.15, 0.2) is 0 Å². The van der Waals surface area contributed by atoms with E-state index in [1.54, 1.807) is 11.1 Å². The Morgan fingerprint density at radius 3 is 3.05 bits per heavy atom. The lowest BCUT2D eigenvalue weighted by Crippen LogP contribution is -2.29. The van der Waals surface area contributed by atoms with E-state index in [-0.39, 0.29) is 17.7 Å². The number of fused-ring (bicyclic) bond motifs is 1. The number of amides is 2. The molecule has 1 aliphatic heterocycles. The molecule has 0 aliphatic carbocycles. The Bertz CT molecular complexity index is 664. The van der Waals surface area contributed by atoms with Crippen molar-refractivity contribution in [2.75, 3.05) is 18.4 Å². The number of likely N-dealkylation sites (tertiary alicyclic amines) is 1. The van der Waals surface area contributed by atoms with Gasteiger partial charge in [0.2, 0.25) is 11.8 Å². The van der Waals surface area contributed by atoms with E-state index in [9.17, 15) is 9.59 Å². The lowest BCUT2D eigenvalue weighted by atomic mass is 10.1. The first-order valence-corrected chi connectivity index (χ1v) is 6.63. The highest BCUT2D eigenvalue weighted by Crippen LogP contribution is 2.21. The molecule has 0 radical (unpaired) electrons. The third-order valence-electron chi connectivity index (χ3n) is 3.71. The Morgan fingerprint density at radius 1 is 1.45 bits per heavy atom. The lowest BCUT2D eigenvalue weighted by Gasteiger charge is -2.14. The van der Waals surface area contributed by atoms with E-state index in [0.29, 0.717) is 13.1 Å². The fraction of sp³-hybridized carbons (Fsp3) is 0.357. The van der Waals surface area contributed by atoms with Gasteiger partial charge in [0.25, 0.3) is 0 Å². The number of H-pyrrole nitrogens is 1. The number of rotatable bonds is 2. The molecule has 3 rings (SSSR count). The summed E-state index contributed by atoms with van der Waals surface area (Å²) in [5.41, 5.74) is 1.69. The van der Waals surface area contributed by atoms with Crippen molar-refractivity contribution in [1.82, 2.24) is 15.1 Å². The molecule has 1 saturated heterocycles. The van der Waals surface area contributed by atoms with E-state index < -0.39 is 0 Å². The minimum atomic E-state index is -0.126. The second-order valence-corrected chi connectivity index (χ2v) is 5.11. The first kappa shape index (κ1) is 12.7. The fourth-order valence-electron chi connectivity index (χ4n) is 2.53. The summed E-state index contributed by atoms with van der Waals surface area (Å²) >= 11 is 0. The third-order valence-corrected chi connectivity index (χ3v) is 3.71. The smallest absolute Gasteiger partial charge is 0.229 e. The first-order valence-electron chi connectivity index (χ1n) is 6.63.